The first-order chi connectivity index (χ1) is 18.8. The Morgan fingerprint density at radius 3 is 2.54 bits per heavy atom. The smallest absolute Gasteiger partial charge is 0.293 e. The van der Waals surface area contributed by atoms with E-state index in [0.29, 0.717) is 43.1 Å². The number of hydrogen-bond acceptors (Lipinski definition) is 5. The van der Waals surface area contributed by atoms with Crippen LogP contribution in [0.15, 0.2) is 82.2 Å². The van der Waals surface area contributed by atoms with E-state index in [1.165, 1.54) is 4.90 Å². The van der Waals surface area contributed by atoms with Gasteiger partial charge in [-0.2, -0.15) is 0 Å². The average molecular weight is 643 g/mol. The molecule has 9 heteroatoms. The number of imide groups is 1. The molecule has 1 saturated heterocycles. The summed E-state index contributed by atoms with van der Waals surface area (Å²) >= 11 is 16.8. The van der Waals surface area contributed by atoms with Gasteiger partial charge in [-0.1, -0.05) is 71.7 Å². The Kier molecular flexibility index (Phi) is 8.52. The summed E-state index contributed by atoms with van der Waals surface area (Å²) in [6, 6.07) is 22.6. The highest BCUT2D eigenvalue weighted by Gasteiger charge is 2.35. The minimum atomic E-state index is -0.329. The Labute approximate surface area is 248 Å². The Morgan fingerprint density at radius 1 is 0.949 bits per heavy atom. The topological polar surface area (TPSA) is 55.8 Å². The molecular formula is C30H22BrCl2NO4S. The number of hydrogen-bond donors (Lipinski definition) is 0. The molecule has 1 fully saturated rings. The summed E-state index contributed by atoms with van der Waals surface area (Å²) in [6.07, 6.45) is 1.70. The van der Waals surface area contributed by atoms with Gasteiger partial charge in [-0.15, -0.1) is 0 Å². The van der Waals surface area contributed by atoms with E-state index in [4.69, 9.17) is 32.7 Å². The maximum Gasteiger partial charge on any atom is 0.293 e. The number of ether oxygens (including phenoxy) is 2. The molecule has 0 N–H and O–H groups in total. The SMILES string of the molecule is CCOc1cc(/C=C2/SC(=O)N(Cc3cccc4ccccc34)C2=O)cc(Br)c1OCc1ccc(Cl)cc1Cl. The summed E-state index contributed by atoms with van der Waals surface area (Å²) in [5, 5.41) is 2.83. The highest BCUT2D eigenvalue weighted by Crippen LogP contribution is 2.40. The lowest BCUT2D eigenvalue weighted by atomic mass is 10.0. The molecule has 0 aromatic heterocycles. The first kappa shape index (κ1) is 27.6. The molecule has 2 amide bonds. The van der Waals surface area contributed by atoms with E-state index in [0.717, 1.165) is 33.7 Å². The average Bonchev–Trinajstić information content (AvgIpc) is 3.17. The molecule has 4 aromatic carbocycles. The van der Waals surface area contributed by atoms with Crippen LogP contribution in [-0.2, 0) is 17.9 Å². The monoisotopic (exact) mass is 641 g/mol. The molecule has 0 saturated carbocycles. The number of benzene rings is 4. The molecule has 5 rings (SSSR count). The number of thioether (sulfide) groups is 1. The first-order valence-corrected chi connectivity index (χ1v) is 14.5. The maximum absolute atomic E-state index is 13.3. The highest BCUT2D eigenvalue weighted by molar-refractivity contribution is 9.10. The van der Waals surface area contributed by atoms with E-state index in [2.05, 4.69) is 15.9 Å². The molecule has 5 nitrogen and oxygen atoms in total. The van der Waals surface area contributed by atoms with Crippen molar-refractivity contribution in [3.05, 3.63) is 109 Å². The van der Waals surface area contributed by atoms with Crippen molar-refractivity contribution in [2.24, 2.45) is 0 Å². The van der Waals surface area contributed by atoms with E-state index in [1.807, 2.05) is 61.5 Å². The standard InChI is InChI=1S/C30H22BrCl2NO4S/c1-2-37-26-13-18(12-24(31)28(26)38-17-21-10-11-22(32)15-25(21)33)14-27-29(35)34(30(36)39-27)16-20-8-5-7-19-6-3-4-9-23(19)20/h3-15H,2,16-17H2,1H3/b27-14+. The summed E-state index contributed by atoms with van der Waals surface area (Å²) in [5.41, 5.74) is 2.39. The zero-order valence-electron chi connectivity index (χ0n) is 20.7. The normalized spacial score (nSPS) is 14.5. The van der Waals surface area contributed by atoms with E-state index in [1.54, 1.807) is 24.3 Å². The van der Waals surface area contributed by atoms with Gasteiger partial charge in [-0.3, -0.25) is 14.5 Å². The number of carbonyl (C=O) groups excluding carboxylic acids is 2. The Hall–Kier alpha value is -2.97. The molecule has 198 valence electrons. The van der Waals surface area contributed by atoms with Gasteiger partial charge in [0.2, 0.25) is 0 Å². The molecule has 0 atom stereocenters. The van der Waals surface area contributed by atoms with Gasteiger partial charge in [0.25, 0.3) is 11.1 Å². The predicted molar refractivity (Wildman–Crippen MR) is 162 cm³/mol. The van der Waals surface area contributed by atoms with Crippen LogP contribution in [0.1, 0.15) is 23.6 Å². The lowest BCUT2D eigenvalue weighted by molar-refractivity contribution is -0.123. The van der Waals surface area contributed by atoms with Crippen LogP contribution in [0.2, 0.25) is 10.0 Å². The van der Waals surface area contributed by atoms with Gasteiger partial charge in [0.15, 0.2) is 11.5 Å². The minimum Gasteiger partial charge on any atom is -0.490 e. The van der Waals surface area contributed by atoms with Gasteiger partial charge in [0.05, 0.1) is 22.5 Å². The Balaban J connectivity index is 1.38. The molecule has 0 unspecified atom stereocenters. The van der Waals surface area contributed by atoms with Crippen LogP contribution < -0.4 is 9.47 Å². The van der Waals surface area contributed by atoms with Crippen molar-refractivity contribution < 1.29 is 19.1 Å². The molecule has 1 heterocycles. The fraction of sp³-hybridized carbons (Fsp3) is 0.133. The number of nitrogens with zero attached hydrogens (tertiary/aromatic N) is 1. The third-order valence-electron chi connectivity index (χ3n) is 6.10. The number of carbonyl (C=O) groups is 2. The van der Waals surface area contributed by atoms with Gasteiger partial charge < -0.3 is 9.47 Å². The van der Waals surface area contributed by atoms with Crippen LogP contribution in [0, 0.1) is 0 Å². The van der Waals surface area contributed by atoms with E-state index in [9.17, 15) is 9.59 Å². The second-order valence-corrected chi connectivity index (χ2v) is 11.4. The van der Waals surface area contributed by atoms with Gasteiger partial charge >= 0.3 is 0 Å². The number of fused-ring (bicyclic) bond motifs is 1. The lowest BCUT2D eigenvalue weighted by Crippen LogP contribution is -2.27. The van der Waals surface area contributed by atoms with Crippen LogP contribution in [0.3, 0.4) is 0 Å². The van der Waals surface area contributed by atoms with Crippen molar-refractivity contribution in [2.75, 3.05) is 6.61 Å². The summed E-state index contributed by atoms with van der Waals surface area (Å²) in [4.78, 5) is 27.7. The van der Waals surface area contributed by atoms with Crippen molar-refractivity contribution >= 4 is 78.9 Å². The molecule has 1 aliphatic rings. The molecular weight excluding hydrogens is 621 g/mol. The summed E-state index contributed by atoms with van der Waals surface area (Å²) in [5.74, 6) is 0.673. The number of amides is 2. The van der Waals surface area contributed by atoms with Crippen LogP contribution in [0.4, 0.5) is 4.79 Å². The molecule has 0 aliphatic carbocycles. The van der Waals surface area contributed by atoms with Gasteiger partial charge in [-0.25, -0.2) is 0 Å². The minimum absolute atomic E-state index is 0.206. The second-order valence-electron chi connectivity index (χ2n) is 8.69. The summed E-state index contributed by atoms with van der Waals surface area (Å²) in [7, 11) is 0. The fourth-order valence-corrected chi connectivity index (χ4v) is 6.13. The van der Waals surface area contributed by atoms with Crippen molar-refractivity contribution in [1.29, 1.82) is 0 Å². The fourth-order valence-electron chi connectivity index (χ4n) is 4.25. The largest absolute Gasteiger partial charge is 0.490 e. The van der Waals surface area contributed by atoms with Crippen LogP contribution in [-0.4, -0.2) is 22.7 Å². The van der Waals surface area contributed by atoms with Crippen molar-refractivity contribution in [3.63, 3.8) is 0 Å². The Bertz CT molecular complexity index is 1620. The van der Waals surface area contributed by atoms with E-state index < -0.39 is 0 Å². The van der Waals surface area contributed by atoms with E-state index in [-0.39, 0.29) is 24.3 Å². The first-order valence-electron chi connectivity index (χ1n) is 12.1. The van der Waals surface area contributed by atoms with E-state index >= 15 is 0 Å². The zero-order valence-corrected chi connectivity index (χ0v) is 24.7. The van der Waals surface area contributed by atoms with Gasteiger partial charge in [0.1, 0.15) is 6.61 Å². The molecule has 0 radical (unpaired) electrons. The lowest BCUT2D eigenvalue weighted by Gasteiger charge is -2.16. The van der Waals surface area contributed by atoms with Crippen LogP contribution in [0.25, 0.3) is 16.8 Å². The highest BCUT2D eigenvalue weighted by atomic mass is 79.9. The Morgan fingerprint density at radius 2 is 1.74 bits per heavy atom. The summed E-state index contributed by atoms with van der Waals surface area (Å²) in [6.45, 7) is 2.70. The molecule has 1 aliphatic heterocycles. The number of halogens is 3. The van der Waals surface area contributed by atoms with Gasteiger partial charge in [0, 0.05) is 15.6 Å². The number of rotatable bonds is 8. The zero-order chi connectivity index (χ0) is 27.5. The third-order valence-corrected chi connectivity index (χ3v) is 8.18. The molecule has 0 bridgehead atoms. The molecule has 4 aromatic rings. The third kappa shape index (κ3) is 6.12. The van der Waals surface area contributed by atoms with Crippen molar-refractivity contribution in [3.8, 4) is 11.5 Å². The second kappa shape index (κ2) is 12.0. The van der Waals surface area contributed by atoms with Crippen molar-refractivity contribution in [2.45, 2.75) is 20.1 Å². The molecule has 39 heavy (non-hydrogen) atoms. The van der Waals surface area contributed by atoms with Crippen LogP contribution >= 0.6 is 50.9 Å². The maximum atomic E-state index is 13.3. The molecule has 0 spiro atoms. The van der Waals surface area contributed by atoms with Crippen LogP contribution in [0.5, 0.6) is 11.5 Å². The quantitative estimate of drug-likeness (QED) is 0.179. The predicted octanol–water partition coefficient (Wildman–Crippen LogP) is 9.12. The van der Waals surface area contributed by atoms with Crippen molar-refractivity contribution in [1.82, 2.24) is 4.90 Å². The van der Waals surface area contributed by atoms with Gasteiger partial charge in [-0.05, 0) is 86.9 Å². The summed E-state index contributed by atoms with van der Waals surface area (Å²) < 4.78 is 12.5.